The number of ketones is 1. The van der Waals surface area contributed by atoms with Gasteiger partial charge in [0, 0.05) is 29.2 Å². The van der Waals surface area contributed by atoms with Crippen LogP contribution in [0.25, 0.3) is 0 Å². The summed E-state index contributed by atoms with van der Waals surface area (Å²) in [5.74, 6) is 6.79. The van der Waals surface area contributed by atoms with Gasteiger partial charge in [-0.05, 0) is 30.2 Å². The molecule has 2 N–H and O–H groups in total. The van der Waals surface area contributed by atoms with E-state index in [1.165, 1.54) is 0 Å². The Morgan fingerprint density at radius 1 is 1.05 bits per heavy atom. The first-order chi connectivity index (χ1) is 10.6. The van der Waals surface area contributed by atoms with Crippen molar-refractivity contribution in [2.45, 2.75) is 20.3 Å². The van der Waals surface area contributed by atoms with E-state index in [0.29, 0.717) is 23.6 Å². The summed E-state index contributed by atoms with van der Waals surface area (Å²) in [6, 6.07) is 17.0. The molecule has 2 aromatic rings. The van der Waals surface area contributed by atoms with Crippen LogP contribution in [-0.2, 0) is 0 Å². The van der Waals surface area contributed by atoms with Crippen molar-refractivity contribution < 1.29 is 4.79 Å². The molecule has 0 aliphatic rings. The molecule has 0 unspecified atom stereocenters. The summed E-state index contributed by atoms with van der Waals surface area (Å²) in [5, 5.41) is 0. The lowest BCUT2D eigenvalue weighted by molar-refractivity contribution is 0.0963. The molecule has 0 aliphatic heterocycles. The number of rotatable bonds is 4. The second-order valence-electron chi connectivity index (χ2n) is 5.70. The zero-order chi connectivity index (χ0) is 15.9. The molecular weight excluding hydrogens is 270 g/mol. The molecule has 2 rings (SSSR count). The van der Waals surface area contributed by atoms with Crippen LogP contribution in [-0.4, -0.2) is 5.78 Å². The van der Waals surface area contributed by atoms with Gasteiger partial charge in [-0.1, -0.05) is 56.0 Å². The fourth-order valence-corrected chi connectivity index (χ4v) is 2.21. The summed E-state index contributed by atoms with van der Waals surface area (Å²) in [6.45, 7) is 4.18. The minimum absolute atomic E-state index is 0.0207. The lowest BCUT2D eigenvalue weighted by atomic mass is 9.89. The smallest absolute Gasteiger partial charge is 0.166 e. The summed E-state index contributed by atoms with van der Waals surface area (Å²) in [4.78, 5) is 12.4. The van der Waals surface area contributed by atoms with Gasteiger partial charge in [0.2, 0.25) is 0 Å². The number of carbonyl (C=O) groups is 1. The van der Waals surface area contributed by atoms with E-state index in [9.17, 15) is 4.79 Å². The van der Waals surface area contributed by atoms with Crippen molar-refractivity contribution >= 4 is 11.5 Å². The predicted molar refractivity (Wildman–Crippen MR) is 91.4 cm³/mol. The van der Waals surface area contributed by atoms with E-state index < -0.39 is 0 Å². The van der Waals surface area contributed by atoms with Gasteiger partial charge in [0.25, 0.3) is 0 Å². The molecule has 0 aromatic heterocycles. The molecular formula is C20H21NO. The number of carbonyl (C=O) groups excluding carboxylic acids is 1. The van der Waals surface area contributed by atoms with E-state index in [1.807, 2.05) is 42.5 Å². The van der Waals surface area contributed by atoms with E-state index in [2.05, 4.69) is 25.7 Å². The highest BCUT2D eigenvalue weighted by molar-refractivity contribution is 6.00. The molecule has 0 radical (unpaired) electrons. The largest absolute Gasteiger partial charge is 0.398 e. The SMILES string of the molecule is CC(C)[C@H](C#Cc1ccccc1)CC(=O)c1ccccc1N. The Kier molecular flexibility index (Phi) is 5.38. The molecule has 0 heterocycles. The first kappa shape index (κ1) is 15.9. The summed E-state index contributed by atoms with van der Waals surface area (Å²) in [6.07, 6.45) is 0.395. The van der Waals surface area contributed by atoms with E-state index in [4.69, 9.17) is 5.73 Å². The molecule has 0 saturated carbocycles. The van der Waals surface area contributed by atoms with Gasteiger partial charge in [-0.3, -0.25) is 4.79 Å². The van der Waals surface area contributed by atoms with Crippen LogP contribution < -0.4 is 5.73 Å². The molecule has 2 nitrogen and oxygen atoms in total. The molecule has 0 aliphatic carbocycles. The standard InChI is InChI=1S/C20H21NO/c1-15(2)17(13-12-16-8-4-3-5-9-16)14-20(22)18-10-6-7-11-19(18)21/h3-11,15,17H,14,21H2,1-2H3/t17-/m1/s1. The van der Waals surface area contributed by atoms with Crippen molar-refractivity contribution in [3.05, 3.63) is 65.7 Å². The van der Waals surface area contributed by atoms with Gasteiger partial charge in [-0.2, -0.15) is 0 Å². The number of para-hydroxylation sites is 1. The lowest BCUT2D eigenvalue weighted by Gasteiger charge is -2.14. The van der Waals surface area contributed by atoms with Crippen molar-refractivity contribution in [1.82, 2.24) is 0 Å². The van der Waals surface area contributed by atoms with Crippen molar-refractivity contribution in [1.29, 1.82) is 0 Å². The first-order valence-corrected chi connectivity index (χ1v) is 7.52. The molecule has 0 amide bonds. The summed E-state index contributed by atoms with van der Waals surface area (Å²) < 4.78 is 0. The lowest BCUT2D eigenvalue weighted by Crippen LogP contribution is -2.14. The number of hydrogen-bond acceptors (Lipinski definition) is 2. The highest BCUT2D eigenvalue weighted by Gasteiger charge is 2.18. The topological polar surface area (TPSA) is 43.1 Å². The van der Waals surface area contributed by atoms with Gasteiger partial charge < -0.3 is 5.73 Å². The third-order valence-electron chi connectivity index (χ3n) is 3.65. The Labute approximate surface area is 132 Å². The molecule has 112 valence electrons. The normalized spacial score (nSPS) is 11.6. The molecule has 2 heteroatoms. The monoisotopic (exact) mass is 291 g/mol. The van der Waals surface area contributed by atoms with Gasteiger partial charge in [0.15, 0.2) is 5.78 Å². The van der Waals surface area contributed by atoms with Crippen molar-refractivity contribution in [3.8, 4) is 11.8 Å². The third kappa shape index (κ3) is 4.23. The van der Waals surface area contributed by atoms with Crippen LogP contribution in [0.5, 0.6) is 0 Å². The molecule has 22 heavy (non-hydrogen) atoms. The fraction of sp³-hybridized carbons (Fsp3) is 0.250. The third-order valence-corrected chi connectivity index (χ3v) is 3.65. The zero-order valence-corrected chi connectivity index (χ0v) is 13.0. The number of anilines is 1. The second kappa shape index (κ2) is 7.47. The highest BCUT2D eigenvalue weighted by atomic mass is 16.1. The van der Waals surface area contributed by atoms with Gasteiger partial charge in [-0.15, -0.1) is 0 Å². The summed E-state index contributed by atoms with van der Waals surface area (Å²) >= 11 is 0. The van der Waals surface area contributed by atoms with Gasteiger partial charge in [0.05, 0.1) is 0 Å². The number of benzene rings is 2. The van der Waals surface area contributed by atoms with Crippen molar-refractivity contribution in [3.63, 3.8) is 0 Å². The van der Waals surface area contributed by atoms with E-state index in [-0.39, 0.29) is 11.7 Å². The Hall–Kier alpha value is -2.53. The minimum atomic E-state index is 0.0207. The average Bonchev–Trinajstić information content (AvgIpc) is 2.52. The van der Waals surface area contributed by atoms with Crippen LogP contribution in [0, 0.1) is 23.7 Å². The Balaban J connectivity index is 2.15. The minimum Gasteiger partial charge on any atom is -0.398 e. The second-order valence-corrected chi connectivity index (χ2v) is 5.70. The van der Waals surface area contributed by atoms with E-state index in [1.54, 1.807) is 12.1 Å². The van der Waals surface area contributed by atoms with Crippen molar-refractivity contribution in [2.75, 3.05) is 5.73 Å². The maximum absolute atomic E-state index is 12.4. The molecule has 1 atom stereocenters. The molecule has 2 aromatic carbocycles. The number of nitrogens with two attached hydrogens (primary N) is 1. The van der Waals surface area contributed by atoms with Gasteiger partial charge >= 0.3 is 0 Å². The highest BCUT2D eigenvalue weighted by Crippen LogP contribution is 2.20. The molecule has 0 spiro atoms. The summed E-state index contributed by atoms with van der Waals surface area (Å²) in [7, 11) is 0. The van der Waals surface area contributed by atoms with Crippen LogP contribution >= 0.6 is 0 Å². The van der Waals surface area contributed by atoms with Gasteiger partial charge in [-0.25, -0.2) is 0 Å². The summed E-state index contributed by atoms with van der Waals surface area (Å²) in [5.41, 5.74) is 7.98. The Morgan fingerprint density at radius 2 is 1.68 bits per heavy atom. The van der Waals surface area contributed by atoms with Crippen LogP contribution in [0.3, 0.4) is 0 Å². The zero-order valence-electron chi connectivity index (χ0n) is 13.0. The van der Waals surface area contributed by atoms with Crippen LogP contribution in [0.4, 0.5) is 5.69 Å². The first-order valence-electron chi connectivity index (χ1n) is 7.52. The average molecular weight is 291 g/mol. The van der Waals surface area contributed by atoms with E-state index in [0.717, 1.165) is 5.56 Å². The number of hydrogen-bond donors (Lipinski definition) is 1. The molecule has 0 bridgehead atoms. The van der Waals surface area contributed by atoms with E-state index >= 15 is 0 Å². The Morgan fingerprint density at radius 3 is 2.32 bits per heavy atom. The molecule has 0 fully saturated rings. The van der Waals surface area contributed by atoms with Crippen LogP contribution in [0.2, 0.25) is 0 Å². The van der Waals surface area contributed by atoms with Crippen LogP contribution in [0.15, 0.2) is 54.6 Å². The predicted octanol–water partition coefficient (Wildman–Crippen LogP) is 4.17. The maximum Gasteiger partial charge on any atom is 0.166 e. The fourth-order valence-electron chi connectivity index (χ4n) is 2.21. The van der Waals surface area contributed by atoms with Crippen molar-refractivity contribution in [2.24, 2.45) is 11.8 Å². The number of Topliss-reactive ketones (excluding diaryl/α,β-unsaturated/α-hetero) is 1. The quantitative estimate of drug-likeness (QED) is 0.522. The van der Waals surface area contributed by atoms with Crippen LogP contribution in [0.1, 0.15) is 36.2 Å². The maximum atomic E-state index is 12.4. The Bertz CT molecular complexity index is 692. The number of nitrogen functional groups attached to an aromatic ring is 1. The van der Waals surface area contributed by atoms with Gasteiger partial charge in [0.1, 0.15) is 0 Å². The molecule has 0 saturated heterocycles.